The first-order chi connectivity index (χ1) is 9.86. The molecule has 0 unspecified atom stereocenters. The van der Waals surface area contributed by atoms with Crippen LogP contribution in [0.4, 0.5) is 5.69 Å². The maximum absolute atomic E-state index is 12.2. The van der Waals surface area contributed by atoms with Gasteiger partial charge in [0.2, 0.25) is 0 Å². The molecule has 0 spiro atoms. The molecule has 0 aliphatic heterocycles. The van der Waals surface area contributed by atoms with Crippen LogP contribution >= 0.6 is 11.6 Å². The molecule has 2 aromatic rings. The molecular weight excluding hydrogens is 290 g/mol. The van der Waals surface area contributed by atoms with Crippen LogP contribution in [0.25, 0.3) is 0 Å². The van der Waals surface area contributed by atoms with E-state index in [9.17, 15) is 9.59 Å². The van der Waals surface area contributed by atoms with Gasteiger partial charge in [-0.1, -0.05) is 28.8 Å². The summed E-state index contributed by atoms with van der Waals surface area (Å²) >= 11 is 5.99. The standard InChI is InChI=1S/C16H14ClNO3/c1-9-5-10(2)7-12(6-9)15(19)18-14-4-3-11(16(20)21)8-13(14)17/h3-8H,1-2H3,(H,18,19)(H,20,21). The van der Waals surface area contributed by atoms with Gasteiger partial charge in [-0.15, -0.1) is 0 Å². The van der Waals surface area contributed by atoms with Crippen LogP contribution in [0, 0.1) is 13.8 Å². The van der Waals surface area contributed by atoms with E-state index in [4.69, 9.17) is 16.7 Å². The van der Waals surface area contributed by atoms with Crippen LogP contribution in [0.1, 0.15) is 31.8 Å². The van der Waals surface area contributed by atoms with Crippen LogP contribution in [0.5, 0.6) is 0 Å². The number of aryl methyl sites for hydroxylation is 2. The third-order valence-electron chi connectivity index (χ3n) is 2.95. The molecule has 21 heavy (non-hydrogen) atoms. The highest BCUT2D eigenvalue weighted by Gasteiger charge is 2.11. The van der Waals surface area contributed by atoms with Gasteiger partial charge in [-0.25, -0.2) is 4.79 Å². The number of aromatic carboxylic acids is 1. The Morgan fingerprint density at radius 1 is 1.00 bits per heavy atom. The fourth-order valence-electron chi connectivity index (χ4n) is 2.05. The number of carboxylic acids is 1. The molecule has 2 N–H and O–H groups in total. The smallest absolute Gasteiger partial charge is 0.335 e. The average molecular weight is 304 g/mol. The number of benzene rings is 2. The van der Waals surface area contributed by atoms with Crippen molar-refractivity contribution in [2.45, 2.75) is 13.8 Å². The number of anilines is 1. The Kier molecular flexibility index (Phi) is 4.29. The van der Waals surface area contributed by atoms with Gasteiger partial charge in [0.1, 0.15) is 0 Å². The first-order valence-electron chi connectivity index (χ1n) is 6.29. The summed E-state index contributed by atoms with van der Waals surface area (Å²) in [7, 11) is 0. The van der Waals surface area contributed by atoms with Crippen molar-refractivity contribution in [3.05, 3.63) is 63.7 Å². The predicted molar refractivity (Wildman–Crippen MR) is 82.3 cm³/mol. The van der Waals surface area contributed by atoms with E-state index < -0.39 is 5.97 Å². The monoisotopic (exact) mass is 303 g/mol. The van der Waals surface area contributed by atoms with Gasteiger partial charge >= 0.3 is 5.97 Å². The zero-order chi connectivity index (χ0) is 15.6. The Morgan fingerprint density at radius 3 is 2.14 bits per heavy atom. The molecule has 1 amide bonds. The van der Waals surface area contributed by atoms with E-state index in [1.165, 1.54) is 18.2 Å². The molecule has 0 fully saturated rings. The van der Waals surface area contributed by atoms with Crippen molar-refractivity contribution < 1.29 is 14.7 Å². The van der Waals surface area contributed by atoms with Crippen molar-refractivity contribution in [3.8, 4) is 0 Å². The molecule has 0 aliphatic carbocycles. The number of rotatable bonds is 3. The molecular formula is C16H14ClNO3. The zero-order valence-electron chi connectivity index (χ0n) is 11.6. The van der Waals surface area contributed by atoms with E-state index in [0.717, 1.165) is 11.1 Å². The molecule has 4 nitrogen and oxygen atoms in total. The number of carbonyl (C=O) groups is 2. The van der Waals surface area contributed by atoms with Gasteiger partial charge in [-0.3, -0.25) is 4.79 Å². The van der Waals surface area contributed by atoms with Gasteiger partial charge in [0.15, 0.2) is 0 Å². The van der Waals surface area contributed by atoms with E-state index in [-0.39, 0.29) is 16.5 Å². The summed E-state index contributed by atoms with van der Waals surface area (Å²) in [6.45, 7) is 3.83. The highest BCUT2D eigenvalue weighted by atomic mass is 35.5. The zero-order valence-corrected chi connectivity index (χ0v) is 12.4. The van der Waals surface area contributed by atoms with Gasteiger partial charge in [-0.2, -0.15) is 0 Å². The molecule has 108 valence electrons. The quantitative estimate of drug-likeness (QED) is 0.903. The predicted octanol–water partition coefficient (Wildman–Crippen LogP) is 3.91. The lowest BCUT2D eigenvalue weighted by molar-refractivity contribution is 0.0696. The second-order valence-electron chi connectivity index (χ2n) is 4.83. The first-order valence-corrected chi connectivity index (χ1v) is 6.67. The van der Waals surface area contributed by atoms with Crippen LogP contribution in [0.2, 0.25) is 5.02 Å². The Hall–Kier alpha value is -2.33. The largest absolute Gasteiger partial charge is 0.478 e. The Morgan fingerprint density at radius 2 is 1.62 bits per heavy atom. The highest BCUT2D eigenvalue weighted by molar-refractivity contribution is 6.34. The van der Waals surface area contributed by atoms with Crippen molar-refractivity contribution in [2.24, 2.45) is 0 Å². The van der Waals surface area contributed by atoms with E-state index in [1.807, 2.05) is 19.9 Å². The van der Waals surface area contributed by atoms with Gasteiger partial charge in [0.05, 0.1) is 16.3 Å². The lowest BCUT2D eigenvalue weighted by Gasteiger charge is -2.09. The van der Waals surface area contributed by atoms with E-state index in [2.05, 4.69) is 5.32 Å². The molecule has 2 aromatic carbocycles. The summed E-state index contributed by atoms with van der Waals surface area (Å²) in [5, 5.41) is 11.7. The van der Waals surface area contributed by atoms with E-state index >= 15 is 0 Å². The van der Waals surface area contributed by atoms with E-state index in [1.54, 1.807) is 12.1 Å². The van der Waals surface area contributed by atoms with Crippen LogP contribution in [0.15, 0.2) is 36.4 Å². The van der Waals surface area contributed by atoms with Crippen molar-refractivity contribution in [3.63, 3.8) is 0 Å². The summed E-state index contributed by atoms with van der Waals surface area (Å²) in [6.07, 6.45) is 0. The highest BCUT2D eigenvalue weighted by Crippen LogP contribution is 2.24. The van der Waals surface area contributed by atoms with Crippen LogP contribution in [-0.2, 0) is 0 Å². The molecule has 0 saturated carbocycles. The first kappa shape index (κ1) is 15.1. The average Bonchev–Trinajstić information content (AvgIpc) is 2.39. The summed E-state index contributed by atoms with van der Waals surface area (Å²) < 4.78 is 0. The SMILES string of the molecule is Cc1cc(C)cc(C(=O)Nc2ccc(C(=O)O)cc2Cl)c1. The topological polar surface area (TPSA) is 66.4 Å². The summed E-state index contributed by atoms with van der Waals surface area (Å²) in [5.74, 6) is -1.35. The lowest BCUT2D eigenvalue weighted by atomic mass is 10.1. The Bertz CT molecular complexity index is 705. The number of carbonyl (C=O) groups excluding carboxylic acids is 1. The molecule has 0 bridgehead atoms. The molecule has 0 atom stereocenters. The maximum Gasteiger partial charge on any atom is 0.335 e. The minimum atomic E-state index is -1.07. The maximum atomic E-state index is 12.2. The number of hydrogen-bond acceptors (Lipinski definition) is 2. The van der Waals surface area contributed by atoms with Crippen LogP contribution in [-0.4, -0.2) is 17.0 Å². The molecule has 5 heteroatoms. The number of carboxylic acid groups (broad SMARTS) is 1. The van der Waals surface area contributed by atoms with Crippen molar-refractivity contribution in [1.29, 1.82) is 0 Å². The van der Waals surface area contributed by atoms with Crippen LogP contribution < -0.4 is 5.32 Å². The van der Waals surface area contributed by atoms with Crippen molar-refractivity contribution >= 4 is 29.2 Å². The van der Waals surface area contributed by atoms with Gasteiger partial charge in [0.25, 0.3) is 5.91 Å². The van der Waals surface area contributed by atoms with Crippen LogP contribution in [0.3, 0.4) is 0 Å². The third kappa shape index (κ3) is 3.61. The molecule has 0 heterocycles. The van der Waals surface area contributed by atoms with Gasteiger partial charge < -0.3 is 10.4 Å². The number of hydrogen-bond donors (Lipinski definition) is 2. The van der Waals surface area contributed by atoms with Gasteiger partial charge in [0, 0.05) is 5.56 Å². The molecule has 0 radical (unpaired) electrons. The summed E-state index contributed by atoms with van der Waals surface area (Å²) in [4.78, 5) is 23.0. The minimum absolute atomic E-state index is 0.0735. The minimum Gasteiger partial charge on any atom is -0.478 e. The Labute approximate surface area is 127 Å². The lowest BCUT2D eigenvalue weighted by Crippen LogP contribution is -2.13. The summed E-state index contributed by atoms with van der Waals surface area (Å²) in [5.41, 5.74) is 2.97. The molecule has 2 rings (SSSR count). The van der Waals surface area contributed by atoms with Gasteiger partial charge in [-0.05, 0) is 44.2 Å². The number of amides is 1. The third-order valence-corrected chi connectivity index (χ3v) is 3.26. The molecule has 0 saturated heterocycles. The second kappa shape index (κ2) is 5.97. The fraction of sp³-hybridized carbons (Fsp3) is 0.125. The molecule has 0 aromatic heterocycles. The Balaban J connectivity index is 2.25. The van der Waals surface area contributed by atoms with Crippen molar-refractivity contribution in [2.75, 3.05) is 5.32 Å². The van der Waals surface area contributed by atoms with E-state index in [0.29, 0.717) is 11.3 Å². The van der Waals surface area contributed by atoms with Crippen molar-refractivity contribution in [1.82, 2.24) is 0 Å². The fourth-order valence-corrected chi connectivity index (χ4v) is 2.28. The molecule has 0 aliphatic rings. The normalized spacial score (nSPS) is 10.2. The second-order valence-corrected chi connectivity index (χ2v) is 5.24. The number of halogens is 1. The number of nitrogens with one attached hydrogen (secondary N) is 1. The summed E-state index contributed by atoms with van der Waals surface area (Å²) in [6, 6.07) is 9.72.